The van der Waals surface area contributed by atoms with E-state index in [2.05, 4.69) is 31.4 Å². The van der Waals surface area contributed by atoms with Gasteiger partial charge in [-0.2, -0.15) is 0 Å². The van der Waals surface area contributed by atoms with Gasteiger partial charge in [-0.1, -0.05) is 73.1 Å². The van der Waals surface area contributed by atoms with Crippen molar-refractivity contribution in [2.24, 2.45) is 17.8 Å². The number of likely N-dealkylation sites (N-methyl/N-ethyl adjacent to an activating group) is 2. The number of carbonyl (C=O) groups excluding carboxylic acids is 4. The van der Waals surface area contributed by atoms with Crippen LogP contribution in [-0.2, 0) is 30.3 Å². The number of para-hydroxylation sites is 1. The molecule has 0 aromatic heterocycles. The van der Waals surface area contributed by atoms with Gasteiger partial charge in [0.2, 0.25) is 23.6 Å². The van der Waals surface area contributed by atoms with Crippen molar-refractivity contribution in [1.82, 2.24) is 25.3 Å². The highest BCUT2D eigenvalue weighted by atomic mass is 32.2. The Morgan fingerprint density at radius 3 is 2.27 bits per heavy atom. The second kappa shape index (κ2) is 21.6. The largest absolute Gasteiger partial charge is 0.508 e. The third-order valence-electron chi connectivity index (χ3n) is 10.3. The summed E-state index contributed by atoms with van der Waals surface area (Å²) >= 11 is 1.58. The normalized spacial score (nSPS) is 18.3. The lowest BCUT2D eigenvalue weighted by Crippen LogP contribution is -2.59. The maximum absolute atomic E-state index is 14.1. The first-order chi connectivity index (χ1) is 24.0. The molecular formula is C39H67N5O6S. The van der Waals surface area contributed by atoms with Gasteiger partial charge >= 0.3 is 0 Å². The maximum Gasteiger partial charge on any atom is 0.245 e. The van der Waals surface area contributed by atoms with Crippen LogP contribution in [0.1, 0.15) is 86.1 Å². The summed E-state index contributed by atoms with van der Waals surface area (Å²) in [4.78, 5) is 59.5. The number of phenolic OH excluding ortho intramolecular Hbond substituents is 1. The Labute approximate surface area is 312 Å². The Balaban J connectivity index is 2.05. The molecule has 2 rings (SSSR count). The smallest absolute Gasteiger partial charge is 0.245 e. The van der Waals surface area contributed by atoms with Crippen LogP contribution in [0, 0.1) is 17.8 Å². The van der Waals surface area contributed by atoms with E-state index < -0.39 is 12.1 Å². The number of likely N-dealkylation sites (tertiary alicyclic amines) is 1. The average Bonchev–Trinajstić information content (AvgIpc) is 3.53. The second-order valence-corrected chi connectivity index (χ2v) is 16.6. The molecule has 51 heavy (non-hydrogen) atoms. The molecule has 7 unspecified atom stereocenters. The molecule has 1 aliphatic rings. The number of carbonyl (C=O) groups is 4. The maximum atomic E-state index is 14.1. The van der Waals surface area contributed by atoms with E-state index in [1.807, 2.05) is 63.7 Å². The summed E-state index contributed by atoms with van der Waals surface area (Å²) in [6, 6.07) is 5.76. The Morgan fingerprint density at radius 1 is 1.04 bits per heavy atom. The van der Waals surface area contributed by atoms with Gasteiger partial charge in [-0.05, 0) is 69.2 Å². The van der Waals surface area contributed by atoms with Gasteiger partial charge in [0.05, 0.1) is 30.4 Å². The molecule has 1 fully saturated rings. The van der Waals surface area contributed by atoms with Crippen molar-refractivity contribution >= 4 is 35.4 Å². The quantitative estimate of drug-likeness (QED) is 0.168. The minimum atomic E-state index is -0.718. The summed E-state index contributed by atoms with van der Waals surface area (Å²) < 4.78 is 6.01. The van der Waals surface area contributed by atoms with E-state index in [0.29, 0.717) is 25.3 Å². The highest BCUT2D eigenvalue weighted by molar-refractivity contribution is 8.00. The van der Waals surface area contributed by atoms with Crippen LogP contribution in [0.4, 0.5) is 0 Å². The minimum absolute atomic E-state index is 0.0112. The number of hydrogen-bond donors (Lipinski definition) is 3. The summed E-state index contributed by atoms with van der Waals surface area (Å²) in [5.41, 5.74) is 0.804. The summed E-state index contributed by atoms with van der Waals surface area (Å²) in [6.07, 6.45) is 3.59. The standard InChI is InChI=1S/C39H67N5O6S/c1-12-27(6)37(43(10)39(49)35(25(2)3)41-38(48)36(26(4)5)42(8)9)32(50-11)23-34(47)44-21-15-17-30(44)22-28(7)51-24-33(46)40-20-19-29-16-13-14-18-31(29)45/h13-14,16,18,25-28,30,32,35-37,45H,12,15,17,19-24H2,1-11H3,(H,40,46)(H,41,48). The number of methoxy groups -OCH3 is 1. The molecular weight excluding hydrogens is 667 g/mol. The Hall–Kier alpha value is -2.83. The zero-order chi connectivity index (χ0) is 38.4. The average molecular weight is 734 g/mol. The number of rotatable bonds is 21. The predicted molar refractivity (Wildman–Crippen MR) is 207 cm³/mol. The van der Waals surface area contributed by atoms with Crippen molar-refractivity contribution in [1.29, 1.82) is 0 Å². The topological polar surface area (TPSA) is 132 Å². The van der Waals surface area contributed by atoms with E-state index in [9.17, 15) is 24.3 Å². The third-order valence-corrected chi connectivity index (χ3v) is 11.5. The van der Waals surface area contributed by atoms with E-state index in [-0.39, 0.29) is 76.9 Å². The molecule has 0 radical (unpaired) electrons. The fraction of sp³-hybridized carbons (Fsp3) is 0.744. The van der Waals surface area contributed by atoms with Crippen LogP contribution in [-0.4, -0.2) is 126 Å². The molecule has 12 heteroatoms. The van der Waals surface area contributed by atoms with Crippen molar-refractivity contribution in [3.63, 3.8) is 0 Å². The minimum Gasteiger partial charge on any atom is -0.508 e. The molecule has 11 nitrogen and oxygen atoms in total. The summed E-state index contributed by atoms with van der Waals surface area (Å²) in [6.45, 7) is 15.2. The van der Waals surface area contributed by atoms with Gasteiger partial charge in [0.25, 0.3) is 0 Å². The molecule has 1 heterocycles. The van der Waals surface area contributed by atoms with Crippen molar-refractivity contribution in [3.05, 3.63) is 29.8 Å². The molecule has 4 amide bonds. The molecule has 0 aliphatic carbocycles. The van der Waals surface area contributed by atoms with E-state index in [1.165, 1.54) is 0 Å². The van der Waals surface area contributed by atoms with Crippen LogP contribution in [0.25, 0.3) is 0 Å². The number of aromatic hydroxyl groups is 1. The zero-order valence-electron chi connectivity index (χ0n) is 33.1. The molecule has 0 bridgehead atoms. The molecule has 290 valence electrons. The molecule has 3 N–H and O–H groups in total. The lowest BCUT2D eigenvalue weighted by atomic mass is 9.89. The van der Waals surface area contributed by atoms with Crippen molar-refractivity contribution < 1.29 is 29.0 Å². The second-order valence-electron chi connectivity index (χ2n) is 15.2. The first kappa shape index (κ1) is 44.3. The molecule has 1 aromatic carbocycles. The zero-order valence-corrected chi connectivity index (χ0v) is 33.9. The SMILES string of the molecule is CCC(C)C(C(CC(=O)N1CCCC1CC(C)SCC(=O)NCCc1ccccc1O)OC)N(C)C(=O)C(NC(=O)C(C(C)C)N(C)C)C(C)C. The number of phenols is 1. The lowest BCUT2D eigenvalue weighted by Gasteiger charge is -2.40. The Morgan fingerprint density at radius 2 is 1.71 bits per heavy atom. The summed E-state index contributed by atoms with van der Waals surface area (Å²) in [7, 11) is 7.11. The predicted octanol–water partition coefficient (Wildman–Crippen LogP) is 4.56. The number of ether oxygens (including phenoxy) is 1. The Kier molecular flexibility index (Phi) is 18.8. The van der Waals surface area contributed by atoms with Crippen LogP contribution in [0.5, 0.6) is 5.75 Å². The van der Waals surface area contributed by atoms with Crippen molar-refractivity contribution in [3.8, 4) is 5.75 Å². The van der Waals surface area contributed by atoms with Gasteiger partial charge in [0.1, 0.15) is 11.8 Å². The van der Waals surface area contributed by atoms with E-state index in [4.69, 9.17) is 4.74 Å². The van der Waals surface area contributed by atoms with Gasteiger partial charge in [-0.25, -0.2) is 0 Å². The first-order valence-electron chi connectivity index (χ1n) is 18.7. The molecule has 1 saturated heterocycles. The van der Waals surface area contributed by atoms with Crippen LogP contribution < -0.4 is 10.6 Å². The van der Waals surface area contributed by atoms with Crippen LogP contribution in [0.3, 0.4) is 0 Å². The number of nitrogens with zero attached hydrogens (tertiary/aromatic N) is 3. The van der Waals surface area contributed by atoms with Crippen LogP contribution >= 0.6 is 11.8 Å². The van der Waals surface area contributed by atoms with Gasteiger partial charge in [-0.3, -0.25) is 24.1 Å². The molecule has 1 aliphatic heterocycles. The fourth-order valence-electron chi connectivity index (χ4n) is 7.31. The monoisotopic (exact) mass is 733 g/mol. The molecule has 0 spiro atoms. The van der Waals surface area contributed by atoms with Crippen molar-refractivity contribution in [2.45, 2.75) is 123 Å². The number of amides is 4. The molecule has 1 aromatic rings. The van der Waals surface area contributed by atoms with Crippen LogP contribution in [0.15, 0.2) is 24.3 Å². The lowest BCUT2D eigenvalue weighted by molar-refractivity contribution is -0.146. The summed E-state index contributed by atoms with van der Waals surface area (Å²) in [5, 5.41) is 16.1. The first-order valence-corrected chi connectivity index (χ1v) is 19.8. The fourth-order valence-corrected chi connectivity index (χ4v) is 8.21. The Bertz CT molecular complexity index is 1250. The third kappa shape index (κ3) is 13.3. The number of nitrogens with one attached hydrogen (secondary N) is 2. The van der Waals surface area contributed by atoms with Gasteiger partial charge < -0.3 is 30.3 Å². The molecule has 7 atom stereocenters. The van der Waals surface area contributed by atoms with Gasteiger partial charge in [0, 0.05) is 38.5 Å². The molecule has 0 saturated carbocycles. The van der Waals surface area contributed by atoms with E-state index >= 15 is 0 Å². The van der Waals surface area contributed by atoms with E-state index in [1.54, 1.807) is 43.0 Å². The van der Waals surface area contributed by atoms with E-state index in [0.717, 1.165) is 31.2 Å². The highest BCUT2D eigenvalue weighted by Crippen LogP contribution is 2.29. The van der Waals surface area contributed by atoms with Crippen LogP contribution in [0.2, 0.25) is 0 Å². The number of benzene rings is 1. The highest BCUT2D eigenvalue weighted by Gasteiger charge is 2.40. The summed E-state index contributed by atoms with van der Waals surface area (Å²) in [5.74, 6) is 0.140. The van der Waals surface area contributed by atoms with Gasteiger partial charge in [0.15, 0.2) is 0 Å². The van der Waals surface area contributed by atoms with Gasteiger partial charge in [-0.15, -0.1) is 11.8 Å². The number of thioether (sulfide) groups is 1. The van der Waals surface area contributed by atoms with Crippen molar-refractivity contribution in [2.75, 3.05) is 47.1 Å². The number of hydrogen-bond acceptors (Lipinski definition) is 8.